The summed E-state index contributed by atoms with van der Waals surface area (Å²) in [5.74, 6) is -0.0361. The van der Waals surface area contributed by atoms with E-state index < -0.39 is 5.97 Å². The van der Waals surface area contributed by atoms with Crippen molar-refractivity contribution < 1.29 is 19.1 Å². The Labute approximate surface area is 145 Å². The highest BCUT2D eigenvalue weighted by Crippen LogP contribution is 2.21. The van der Waals surface area contributed by atoms with E-state index in [2.05, 4.69) is 15.6 Å². The predicted molar refractivity (Wildman–Crippen MR) is 92.9 cm³/mol. The summed E-state index contributed by atoms with van der Waals surface area (Å²) >= 11 is 0. The largest absolute Gasteiger partial charge is 0.465 e. The van der Waals surface area contributed by atoms with Crippen molar-refractivity contribution >= 4 is 29.1 Å². The molecule has 1 saturated heterocycles. The maximum absolute atomic E-state index is 12.0. The molecule has 130 valence electrons. The van der Waals surface area contributed by atoms with E-state index in [0.29, 0.717) is 29.4 Å². The van der Waals surface area contributed by atoms with Gasteiger partial charge in [-0.25, -0.2) is 9.78 Å². The molecule has 0 aliphatic carbocycles. The molecule has 7 heteroatoms. The zero-order chi connectivity index (χ0) is 17.6. The zero-order valence-electron chi connectivity index (χ0n) is 13.8. The molecule has 7 nitrogen and oxygen atoms in total. The number of esters is 1. The molecule has 2 N–H and O–H groups in total. The molecule has 1 atom stereocenters. The maximum Gasteiger partial charge on any atom is 0.339 e. The number of anilines is 3. The number of nitrogens with one attached hydrogen (secondary N) is 2. The van der Waals surface area contributed by atoms with E-state index in [0.717, 1.165) is 12.8 Å². The number of nitrogens with zero attached hydrogens (tertiary/aromatic N) is 1. The van der Waals surface area contributed by atoms with Crippen molar-refractivity contribution in [1.82, 2.24) is 4.98 Å². The van der Waals surface area contributed by atoms with Gasteiger partial charge in [0, 0.05) is 6.61 Å². The van der Waals surface area contributed by atoms with E-state index >= 15 is 0 Å². The maximum atomic E-state index is 12.0. The SMILES string of the molecule is COC(=O)c1ccccc1Nc1ccc(NC(=O)C2CCCO2)cn1. The van der Waals surface area contributed by atoms with Crippen LogP contribution in [0.4, 0.5) is 17.2 Å². The molecule has 1 amide bonds. The molecule has 1 unspecified atom stereocenters. The third-order valence-corrected chi connectivity index (χ3v) is 3.85. The molecule has 0 spiro atoms. The van der Waals surface area contributed by atoms with E-state index in [1.165, 1.54) is 7.11 Å². The number of aromatic nitrogens is 1. The van der Waals surface area contributed by atoms with E-state index in [1.807, 2.05) is 6.07 Å². The van der Waals surface area contributed by atoms with Crippen molar-refractivity contribution in [2.45, 2.75) is 18.9 Å². The Morgan fingerprint density at radius 3 is 2.76 bits per heavy atom. The lowest BCUT2D eigenvalue weighted by Gasteiger charge is -2.12. The molecule has 1 aliphatic heterocycles. The zero-order valence-corrected chi connectivity index (χ0v) is 13.8. The van der Waals surface area contributed by atoms with E-state index in [1.54, 1.807) is 36.5 Å². The van der Waals surface area contributed by atoms with Gasteiger partial charge in [0.05, 0.1) is 30.2 Å². The molecule has 1 aromatic heterocycles. The lowest BCUT2D eigenvalue weighted by molar-refractivity contribution is -0.124. The molecule has 1 aromatic carbocycles. The second kappa shape index (κ2) is 7.76. The highest BCUT2D eigenvalue weighted by atomic mass is 16.5. The summed E-state index contributed by atoms with van der Waals surface area (Å²) in [6.07, 6.45) is 2.81. The normalized spacial score (nSPS) is 16.3. The van der Waals surface area contributed by atoms with Gasteiger partial charge in [-0.3, -0.25) is 4.79 Å². The van der Waals surface area contributed by atoms with Crippen molar-refractivity contribution in [2.75, 3.05) is 24.4 Å². The minimum Gasteiger partial charge on any atom is -0.465 e. The van der Waals surface area contributed by atoms with E-state index in [-0.39, 0.29) is 12.0 Å². The minimum absolute atomic E-state index is 0.156. The van der Waals surface area contributed by atoms with Crippen molar-refractivity contribution in [1.29, 1.82) is 0 Å². The standard InChI is InChI=1S/C18H19N3O4/c1-24-18(23)13-5-2-3-6-14(13)21-16-9-8-12(11-19-16)20-17(22)15-7-4-10-25-15/h2-3,5-6,8-9,11,15H,4,7,10H2,1H3,(H,19,21)(H,20,22). The van der Waals surface area contributed by atoms with Gasteiger partial charge in [0.25, 0.3) is 5.91 Å². The molecule has 0 saturated carbocycles. The van der Waals surface area contributed by atoms with Gasteiger partial charge in [0.2, 0.25) is 0 Å². The Balaban J connectivity index is 1.67. The van der Waals surface area contributed by atoms with Gasteiger partial charge >= 0.3 is 5.97 Å². The summed E-state index contributed by atoms with van der Waals surface area (Å²) in [7, 11) is 1.34. The molecule has 3 rings (SSSR count). The topological polar surface area (TPSA) is 89.6 Å². The summed E-state index contributed by atoms with van der Waals surface area (Å²) in [5, 5.41) is 5.86. The summed E-state index contributed by atoms with van der Waals surface area (Å²) in [5.41, 5.74) is 1.60. The van der Waals surface area contributed by atoms with Crippen LogP contribution in [-0.4, -0.2) is 36.7 Å². The molecule has 25 heavy (non-hydrogen) atoms. The Bertz CT molecular complexity index is 755. The second-order valence-electron chi connectivity index (χ2n) is 5.59. The number of para-hydroxylation sites is 1. The first-order valence-corrected chi connectivity index (χ1v) is 8.00. The van der Waals surface area contributed by atoms with Crippen LogP contribution in [0.5, 0.6) is 0 Å². The van der Waals surface area contributed by atoms with Gasteiger partial charge in [0.15, 0.2) is 0 Å². The van der Waals surface area contributed by atoms with Gasteiger partial charge in [-0.05, 0) is 37.1 Å². The van der Waals surface area contributed by atoms with Crippen LogP contribution < -0.4 is 10.6 Å². The first kappa shape index (κ1) is 16.9. The molecule has 2 aromatic rings. The highest BCUT2D eigenvalue weighted by molar-refractivity contribution is 5.96. The van der Waals surface area contributed by atoms with Crippen LogP contribution >= 0.6 is 0 Å². The lowest BCUT2D eigenvalue weighted by atomic mass is 10.2. The average Bonchev–Trinajstić information content (AvgIpc) is 3.18. The Morgan fingerprint density at radius 1 is 1.24 bits per heavy atom. The van der Waals surface area contributed by atoms with E-state index in [9.17, 15) is 9.59 Å². The molecule has 1 aliphatic rings. The predicted octanol–water partition coefficient (Wildman–Crippen LogP) is 2.73. The fraction of sp³-hybridized carbons (Fsp3) is 0.278. The van der Waals surface area contributed by atoms with Crippen LogP contribution in [-0.2, 0) is 14.3 Å². The second-order valence-corrected chi connectivity index (χ2v) is 5.59. The fourth-order valence-electron chi connectivity index (χ4n) is 2.57. The summed E-state index contributed by atoms with van der Waals surface area (Å²) in [6.45, 7) is 0.624. The fourth-order valence-corrected chi connectivity index (χ4v) is 2.57. The van der Waals surface area contributed by atoms with Gasteiger partial charge in [-0.1, -0.05) is 12.1 Å². The van der Waals surface area contributed by atoms with Crippen molar-refractivity contribution in [3.63, 3.8) is 0 Å². The number of pyridine rings is 1. The third kappa shape index (κ3) is 4.13. The number of benzene rings is 1. The number of hydrogen-bond donors (Lipinski definition) is 2. The van der Waals surface area contributed by atoms with Crippen molar-refractivity contribution in [3.05, 3.63) is 48.2 Å². The Hall–Kier alpha value is -2.93. The van der Waals surface area contributed by atoms with Crippen LogP contribution in [0.25, 0.3) is 0 Å². The first-order valence-electron chi connectivity index (χ1n) is 8.00. The number of ether oxygens (including phenoxy) is 2. The third-order valence-electron chi connectivity index (χ3n) is 3.85. The molecule has 0 radical (unpaired) electrons. The summed E-state index contributed by atoms with van der Waals surface area (Å²) in [4.78, 5) is 28.1. The first-order chi connectivity index (χ1) is 12.2. The van der Waals surface area contributed by atoms with Crippen molar-refractivity contribution in [3.8, 4) is 0 Å². The molecule has 2 heterocycles. The van der Waals surface area contributed by atoms with Crippen LogP contribution in [0.3, 0.4) is 0 Å². The highest BCUT2D eigenvalue weighted by Gasteiger charge is 2.23. The molecule has 0 bridgehead atoms. The number of hydrogen-bond acceptors (Lipinski definition) is 6. The Kier molecular flexibility index (Phi) is 5.25. The van der Waals surface area contributed by atoms with Gasteiger partial charge in [0.1, 0.15) is 11.9 Å². The van der Waals surface area contributed by atoms with Gasteiger partial charge in [-0.15, -0.1) is 0 Å². The van der Waals surface area contributed by atoms with Gasteiger partial charge < -0.3 is 20.1 Å². The smallest absolute Gasteiger partial charge is 0.339 e. The lowest BCUT2D eigenvalue weighted by Crippen LogP contribution is -2.26. The average molecular weight is 341 g/mol. The quantitative estimate of drug-likeness (QED) is 0.813. The Morgan fingerprint density at radius 2 is 2.08 bits per heavy atom. The van der Waals surface area contributed by atoms with Crippen LogP contribution in [0, 0.1) is 0 Å². The minimum atomic E-state index is -0.427. The number of methoxy groups -OCH3 is 1. The van der Waals surface area contributed by atoms with Crippen molar-refractivity contribution in [2.24, 2.45) is 0 Å². The van der Waals surface area contributed by atoms with Gasteiger partial charge in [-0.2, -0.15) is 0 Å². The monoisotopic (exact) mass is 341 g/mol. The number of carbonyl (C=O) groups excluding carboxylic acids is 2. The van der Waals surface area contributed by atoms with Crippen LogP contribution in [0.1, 0.15) is 23.2 Å². The number of rotatable bonds is 5. The molecular formula is C18H19N3O4. The molecule has 1 fully saturated rings. The van der Waals surface area contributed by atoms with E-state index in [4.69, 9.17) is 9.47 Å². The molecular weight excluding hydrogens is 322 g/mol. The van der Waals surface area contributed by atoms with Crippen LogP contribution in [0.2, 0.25) is 0 Å². The summed E-state index contributed by atoms with van der Waals surface area (Å²) in [6, 6.07) is 10.5. The summed E-state index contributed by atoms with van der Waals surface area (Å²) < 4.78 is 10.1. The number of carbonyl (C=O) groups is 2. The van der Waals surface area contributed by atoms with Crippen LogP contribution in [0.15, 0.2) is 42.6 Å². The number of amides is 1.